The van der Waals surface area contributed by atoms with Crippen molar-refractivity contribution in [2.45, 2.75) is 0 Å². The molecule has 1 N–H and O–H groups in total. The van der Waals surface area contributed by atoms with Crippen LogP contribution in [0.2, 0.25) is 0 Å². The van der Waals surface area contributed by atoms with Crippen molar-refractivity contribution in [2.75, 3.05) is 44.9 Å². The minimum absolute atomic E-state index is 0.326. The molecule has 1 aromatic heterocycles. The molecule has 0 atom stereocenters. The van der Waals surface area contributed by atoms with E-state index in [0.717, 1.165) is 15.4 Å². The number of morpholine rings is 1. The van der Waals surface area contributed by atoms with Gasteiger partial charge in [0, 0.05) is 23.5 Å². The van der Waals surface area contributed by atoms with E-state index in [2.05, 4.69) is 11.5 Å². The lowest BCUT2D eigenvalue weighted by Gasteiger charge is -2.28. The predicted octanol–water partition coefficient (Wildman–Crippen LogP) is 3.04. The van der Waals surface area contributed by atoms with Gasteiger partial charge in [0.1, 0.15) is 17.4 Å². The number of Topliss-reactive ketones (excluding diaryl/α,β-unsaturated/α-hetero) is 1. The average Bonchev–Trinajstić information content (AvgIpc) is 3.08. The maximum absolute atomic E-state index is 12.6. The van der Waals surface area contributed by atoms with E-state index in [1.165, 1.54) is 18.4 Å². The van der Waals surface area contributed by atoms with Crippen molar-refractivity contribution in [3.05, 3.63) is 48.0 Å². The molecule has 5 nitrogen and oxygen atoms in total. The Kier molecular flexibility index (Phi) is 5.53. The molecule has 25 heavy (non-hydrogen) atoms. The third-order valence-corrected chi connectivity index (χ3v) is 5.47. The Hall–Kier alpha value is -2.15. The summed E-state index contributed by atoms with van der Waals surface area (Å²) in [6.07, 6.45) is 0. The summed E-state index contributed by atoms with van der Waals surface area (Å²) in [5, 5.41) is 10.4. The Morgan fingerprint density at radius 3 is 2.56 bits per heavy atom. The standard InChI is InChI=1S/C19H21NO4S/c1-13(23-2)16-17(15(22)12-21)19(20-8-10-24-11-9-20)25-18(16)14-6-4-3-5-7-14/h3-7,21H,1,8-12H2,2H3. The lowest BCUT2D eigenvalue weighted by atomic mass is 10.0. The fraction of sp³-hybridized carbons (Fsp3) is 0.316. The molecule has 0 aliphatic carbocycles. The van der Waals surface area contributed by atoms with Crippen molar-refractivity contribution >= 4 is 27.9 Å². The molecule has 0 radical (unpaired) electrons. The number of carbonyl (C=O) groups is 1. The first-order valence-corrected chi connectivity index (χ1v) is 8.91. The molecule has 1 aromatic carbocycles. The molecular formula is C19H21NO4S. The van der Waals surface area contributed by atoms with Gasteiger partial charge in [0.05, 0.1) is 25.9 Å². The maximum atomic E-state index is 12.6. The molecule has 0 bridgehead atoms. The van der Waals surface area contributed by atoms with Crippen LogP contribution in [0.1, 0.15) is 15.9 Å². The summed E-state index contributed by atoms with van der Waals surface area (Å²) in [6.45, 7) is 6.07. The summed E-state index contributed by atoms with van der Waals surface area (Å²) >= 11 is 1.53. The first-order chi connectivity index (χ1) is 12.2. The second-order valence-corrected chi connectivity index (χ2v) is 6.66. The largest absolute Gasteiger partial charge is 0.497 e. The molecule has 1 fully saturated rings. The second-order valence-electron chi connectivity index (χ2n) is 5.66. The smallest absolute Gasteiger partial charge is 0.191 e. The van der Waals surface area contributed by atoms with Crippen molar-refractivity contribution in [1.29, 1.82) is 0 Å². The Morgan fingerprint density at radius 1 is 1.28 bits per heavy atom. The maximum Gasteiger partial charge on any atom is 0.191 e. The lowest BCUT2D eigenvalue weighted by Crippen LogP contribution is -2.36. The van der Waals surface area contributed by atoms with E-state index in [0.29, 0.717) is 43.2 Å². The van der Waals surface area contributed by atoms with E-state index in [1.807, 2.05) is 30.3 Å². The van der Waals surface area contributed by atoms with E-state index >= 15 is 0 Å². The van der Waals surface area contributed by atoms with Crippen LogP contribution in [0.4, 0.5) is 5.00 Å². The monoisotopic (exact) mass is 359 g/mol. The zero-order valence-electron chi connectivity index (χ0n) is 14.2. The summed E-state index contributed by atoms with van der Waals surface area (Å²) in [5.41, 5.74) is 2.14. The minimum atomic E-state index is -0.549. The molecule has 2 heterocycles. The van der Waals surface area contributed by atoms with E-state index < -0.39 is 6.61 Å². The normalized spacial score (nSPS) is 14.4. The van der Waals surface area contributed by atoms with Gasteiger partial charge < -0.3 is 19.5 Å². The molecule has 0 amide bonds. The average molecular weight is 359 g/mol. The number of nitrogens with zero attached hydrogens (tertiary/aromatic N) is 1. The highest BCUT2D eigenvalue weighted by molar-refractivity contribution is 7.20. The number of methoxy groups -OCH3 is 1. The molecule has 1 aliphatic rings. The Labute approximate surface area is 151 Å². The molecule has 132 valence electrons. The molecule has 0 saturated carbocycles. The van der Waals surface area contributed by atoms with Gasteiger partial charge in [0.25, 0.3) is 0 Å². The number of hydrogen-bond acceptors (Lipinski definition) is 6. The van der Waals surface area contributed by atoms with E-state index in [4.69, 9.17) is 9.47 Å². The fourth-order valence-electron chi connectivity index (χ4n) is 2.91. The van der Waals surface area contributed by atoms with Crippen LogP contribution in [0, 0.1) is 0 Å². The van der Waals surface area contributed by atoms with Crippen LogP contribution in [-0.4, -0.2) is 50.9 Å². The molecule has 0 unspecified atom stereocenters. The molecule has 3 rings (SSSR count). The molecule has 2 aromatic rings. The number of ether oxygens (including phenoxy) is 2. The summed E-state index contributed by atoms with van der Waals surface area (Å²) in [5.74, 6) is 0.0968. The van der Waals surface area contributed by atoms with Crippen molar-refractivity contribution in [3.63, 3.8) is 0 Å². The van der Waals surface area contributed by atoms with Crippen molar-refractivity contribution in [3.8, 4) is 10.4 Å². The van der Waals surface area contributed by atoms with Crippen molar-refractivity contribution in [1.82, 2.24) is 0 Å². The summed E-state index contributed by atoms with van der Waals surface area (Å²) < 4.78 is 10.8. The molecule has 1 aliphatic heterocycles. The van der Waals surface area contributed by atoms with Crippen molar-refractivity contribution in [2.24, 2.45) is 0 Å². The highest BCUT2D eigenvalue weighted by atomic mass is 32.1. The number of benzene rings is 1. The van der Waals surface area contributed by atoms with Gasteiger partial charge in [-0.3, -0.25) is 4.79 Å². The molecule has 6 heteroatoms. The van der Waals surface area contributed by atoms with E-state index in [-0.39, 0.29) is 5.78 Å². The Balaban J connectivity index is 2.22. The number of ketones is 1. The number of rotatable bonds is 6. The van der Waals surface area contributed by atoms with Crippen LogP contribution in [0.5, 0.6) is 0 Å². The molecule has 1 saturated heterocycles. The third-order valence-electron chi connectivity index (χ3n) is 4.17. The van der Waals surface area contributed by atoms with E-state index in [1.54, 1.807) is 0 Å². The van der Waals surface area contributed by atoms with Crippen LogP contribution in [-0.2, 0) is 9.47 Å². The van der Waals surface area contributed by atoms with Gasteiger partial charge >= 0.3 is 0 Å². The van der Waals surface area contributed by atoms with Gasteiger partial charge in [-0.1, -0.05) is 36.9 Å². The number of aliphatic hydroxyl groups excluding tert-OH is 1. The zero-order valence-corrected chi connectivity index (χ0v) is 15.0. The fourth-order valence-corrected chi connectivity index (χ4v) is 4.30. The third kappa shape index (κ3) is 3.46. The molecular weight excluding hydrogens is 338 g/mol. The number of hydrogen-bond donors (Lipinski definition) is 1. The predicted molar refractivity (Wildman–Crippen MR) is 100 cm³/mol. The van der Waals surface area contributed by atoms with Gasteiger partial charge in [-0.15, -0.1) is 11.3 Å². The summed E-state index contributed by atoms with van der Waals surface area (Å²) in [7, 11) is 1.54. The van der Waals surface area contributed by atoms with Gasteiger partial charge in [-0.25, -0.2) is 0 Å². The van der Waals surface area contributed by atoms with Gasteiger partial charge in [0.15, 0.2) is 5.78 Å². The van der Waals surface area contributed by atoms with E-state index in [9.17, 15) is 9.90 Å². The van der Waals surface area contributed by atoms with Gasteiger partial charge in [-0.2, -0.15) is 0 Å². The van der Waals surface area contributed by atoms with Crippen LogP contribution in [0.25, 0.3) is 16.2 Å². The van der Waals surface area contributed by atoms with Crippen LogP contribution in [0.15, 0.2) is 36.9 Å². The summed E-state index contributed by atoms with van der Waals surface area (Å²) in [4.78, 5) is 15.6. The Morgan fingerprint density at radius 2 is 1.96 bits per heavy atom. The van der Waals surface area contributed by atoms with Crippen LogP contribution >= 0.6 is 11.3 Å². The number of thiophene rings is 1. The highest BCUT2D eigenvalue weighted by Gasteiger charge is 2.29. The second kappa shape index (κ2) is 7.82. The zero-order chi connectivity index (χ0) is 17.8. The van der Waals surface area contributed by atoms with Gasteiger partial charge in [0.2, 0.25) is 0 Å². The highest BCUT2D eigenvalue weighted by Crippen LogP contribution is 2.45. The number of aliphatic hydroxyl groups is 1. The minimum Gasteiger partial charge on any atom is -0.497 e. The quantitative estimate of drug-likeness (QED) is 0.635. The molecule has 0 spiro atoms. The summed E-state index contributed by atoms with van der Waals surface area (Å²) in [6, 6.07) is 9.85. The number of anilines is 1. The van der Waals surface area contributed by atoms with Crippen LogP contribution in [0.3, 0.4) is 0 Å². The lowest BCUT2D eigenvalue weighted by molar-refractivity contribution is 0.0902. The first kappa shape index (κ1) is 17.7. The van der Waals surface area contributed by atoms with Crippen LogP contribution < -0.4 is 4.90 Å². The SMILES string of the molecule is C=C(OC)c1c(-c2ccccc2)sc(N2CCOCC2)c1C(=O)CO. The van der Waals surface area contributed by atoms with Crippen molar-refractivity contribution < 1.29 is 19.4 Å². The Bertz CT molecular complexity index is 763. The first-order valence-electron chi connectivity index (χ1n) is 8.09. The number of carbonyl (C=O) groups excluding carboxylic acids is 1. The topological polar surface area (TPSA) is 59.0 Å². The van der Waals surface area contributed by atoms with Gasteiger partial charge in [-0.05, 0) is 5.56 Å².